The fourth-order valence-electron chi connectivity index (χ4n) is 3.22. The molecule has 0 saturated heterocycles. The third-order valence-electron chi connectivity index (χ3n) is 4.85. The van der Waals surface area contributed by atoms with E-state index in [1.165, 1.54) is 5.56 Å². The number of hydrogen-bond acceptors (Lipinski definition) is 3. The Bertz CT molecular complexity index is 1060. The number of hydrogen-bond donors (Lipinski definition) is 0. The maximum Gasteiger partial charge on any atom is 0.282 e. The molecule has 0 atom stereocenters. The van der Waals surface area contributed by atoms with E-state index in [2.05, 4.69) is 19.6 Å². The number of rotatable bonds is 5. The van der Waals surface area contributed by atoms with E-state index >= 15 is 0 Å². The molecule has 0 fully saturated rings. The van der Waals surface area contributed by atoms with Crippen molar-refractivity contribution in [2.75, 3.05) is 0 Å². The van der Waals surface area contributed by atoms with Crippen molar-refractivity contribution in [2.24, 2.45) is 0 Å². The first kappa shape index (κ1) is 18.1. The molecular formula is C24H21FO3. The predicted octanol–water partition coefficient (Wildman–Crippen LogP) is 6.18. The van der Waals surface area contributed by atoms with Gasteiger partial charge in [0.25, 0.3) is 5.95 Å². The molecule has 1 heterocycles. The smallest absolute Gasteiger partial charge is 0.282 e. The lowest BCUT2D eigenvalue weighted by atomic mass is 9.97. The summed E-state index contributed by atoms with van der Waals surface area (Å²) >= 11 is 0. The molecule has 3 aromatic rings. The van der Waals surface area contributed by atoms with Crippen molar-refractivity contribution >= 4 is 0 Å². The van der Waals surface area contributed by atoms with Gasteiger partial charge >= 0.3 is 0 Å². The number of aryl methyl sites for hydroxylation is 2. The van der Waals surface area contributed by atoms with Crippen LogP contribution in [0.4, 0.5) is 4.39 Å². The van der Waals surface area contributed by atoms with Crippen LogP contribution in [-0.4, -0.2) is 0 Å². The zero-order chi connectivity index (χ0) is 19.7. The molecule has 0 aromatic heterocycles. The van der Waals surface area contributed by atoms with Crippen LogP contribution in [-0.2, 0) is 13.0 Å². The number of benzene rings is 3. The van der Waals surface area contributed by atoms with Crippen molar-refractivity contribution < 1.29 is 18.6 Å². The van der Waals surface area contributed by atoms with Gasteiger partial charge in [0.05, 0.1) is 0 Å². The number of halogens is 1. The van der Waals surface area contributed by atoms with Crippen molar-refractivity contribution in [3.63, 3.8) is 0 Å². The lowest BCUT2D eigenvalue weighted by molar-refractivity contribution is 0.288. The van der Waals surface area contributed by atoms with Crippen molar-refractivity contribution in [1.82, 2.24) is 0 Å². The van der Waals surface area contributed by atoms with E-state index in [-0.39, 0.29) is 11.8 Å². The molecule has 142 valence electrons. The highest BCUT2D eigenvalue weighted by molar-refractivity contribution is 5.65. The lowest BCUT2D eigenvalue weighted by Crippen LogP contribution is -2.00. The standard InChI is InChI=1S/C24H21FO3/c1-4-17-11-18(19-6-5-15(2)22(25)12-19)7-8-20(17)14-26-21-9-10-23-24(13-21)28-16(3)27-23/h5-13H,3-4,14H2,1-2H3. The first-order valence-electron chi connectivity index (χ1n) is 9.23. The third kappa shape index (κ3) is 3.58. The van der Waals surface area contributed by atoms with Gasteiger partial charge in [0, 0.05) is 6.07 Å². The molecule has 0 radical (unpaired) electrons. The molecule has 3 nitrogen and oxygen atoms in total. The number of ether oxygens (including phenoxy) is 3. The molecule has 0 N–H and O–H groups in total. The van der Waals surface area contributed by atoms with Crippen LogP contribution in [0.1, 0.15) is 23.6 Å². The molecule has 0 unspecified atom stereocenters. The maximum atomic E-state index is 13.9. The minimum absolute atomic E-state index is 0.187. The van der Waals surface area contributed by atoms with E-state index in [0.29, 0.717) is 29.4 Å². The second kappa shape index (κ2) is 7.39. The Morgan fingerprint density at radius 1 is 0.893 bits per heavy atom. The van der Waals surface area contributed by atoms with E-state index < -0.39 is 0 Å². The second-order valence-corrected chi connectivity index (χ2v) is 6.77. The fourth-order valence-corrected chi connectivity index (χ4v) is 3.22. The van der Waals surface area contributed by atoms with Gasteiger partial charge in [-0.3, -0.25) is 0 Å². The zero-order valence-electron chi connectivity index (χ0n) is 15.9. The predicted molar refractivity (Wildman–Crippen MR) is 107 cm³/mol. The Morgan fingerprint density at radius 2 is 1.64 bits per heavy atom. The normalized spacial score (nSPS) is 12.3. The van der Waals surface area contributed by atoms with Crippen LogP contribution in [0.15, 0.2) is 67.1 Å². The highest BCUT2D eigenvalue weighted by Crippen LogP contribution is 2.38. The van der Waals surface area contributed by atoms with Crippen LogP contribution in [0.3, 0.4) is 0 Å². The van der Waals surface area contributed by atoms with Gasteiger partial charge in [0.15, 0.2) is 11.5 Å². The third-order valence-corrected chi connectivity index (χ3v) is 4.85. The van der Waals surface area contributed by atoms with Crippen molar-refractivity contribution in [1.29, 1.82) is 0 Å². The Kier molecular flexibility index (Phi) is 4.78. The molecule has 28 heavy (non-hydrogen) atoms. The van der Waals surface area contributed by atoms with Crippen LogP contribution >= 0.6 is 0 Å². The molecule has 1 aliphatic rings. The highest BCUT2D eigenvalue weighted by Gasteiger charge is 2.18. The topological polar surface area (TPSA) is 27.7 Å². The minimum Gasteiger partial charge on any atom is -0.489 e. The van der Waals surface area contributed by atoms with Crippen LogP contribution < -0.4 is 14.2 Å². The summed E-state index contributed by atoms with van der Waals surface area (Å²) in [4.78, 5) is 0. The van der Waals surface area contributed by atoms with Gasteiger partial charge in [0.2, 0.25) is 0 Å². The molecule has 0 amide bonds. The largest absolute Gasteiger partial charge is 0.489 e. The van der Waals surface area contributed by atoms with Gasteiger partial charge in [-0.15, -0.1) is 0 Å². The Labute approximate surface area is 164 Å². The lowest BCUT2D eigenvalue weighted by Gasteiger charge is -2.13. The first-order valence-corrected chi connectivity index (χ1v) is 9.23. The van der Waals surface area contributed by atoms with Gasteiger partial charge in [-0.2, -0.15) is 0 Å². The van der Waals surface area contributed by atoms with E-state index in [4.69, 9.17) is 14.2 Å². The van der Waals surface area contributed by atoms with Crippen molar-refractivity contribution in [2.45, 2.75) is 26.9 Å². The summed E-state index contributed by atoms with van der Waals surface area (Å²) in [5, 5.41) is 0. The molecule has 3 aromatic carbocycles. The molecule has 0 bridgehead atoms. The van der Waals surface area contributed by atoms with Crippen LogP contribution in [0, 0.1) is 12.7 Å². The van der Waals surface area contributed by atoms with Gasteiger partial charge < -0.3 is 14.2 Å². The quantitative estimate of drug-likeness (QED) is 0.532. The highest BCUT2D eigenvalue weighted by atomic mass is 19.1. The van der Waals surface area contributed by atoms with E-state index in [1.807, 2.05) is 30.3 Å². The summed E-state index contributed by atoms with van der Waals surface area (Å²) in [6, 6.07) is 16.9. The van der Waals surface area contributed by atoms with Crippen LogP contribution in [0.5, 0.6) is 17.2 Å². The Morgan fingerprint density at radius 3 is 2.43 bits per heavy atom. The number of fused-ring (bicyclic) bond motifs is 1. The summed E-state index contributed by atoms with van der Waals surface area (Å²) in [7, 11) is 0. The Balaban J connectivity index is 1.53. The average Bonchev–Trinajstić information content (AvgIpc) is 3.07. The van der Waals surface area contributed by atoms with Crippen molar-refractivity contribution in [3.8, 4) is 28.4 Å². The first-order chi connectivity index (χ1) is 13.5. The fraction of sp³-hybridized carbons (Fsp3) is 0.167. The van der Waals surface area contributed by atoms with E-state index in [9.17, 15) is 4.39 Å². The van der Waals surface area contributed by atoms with Crippen LogP contribution in [0.2, 0.25) is 0 Å². The molecule has 4 heteroatoms. The Hall–Kier alpha value is -3.27. The minimum atomic E-state index is -0.187. The summed E-state index contributed by atoms with van der Waals surface area (Å²) < 4.78 is 30.6. The van der Waals surface area contributed by atoms with Gasteiger partial charge in [-0.1, -0.05) is 37.3 Å². The zero-order valence-corrected chi connectivity index (χ0v) is 15.9. The van der Waals surface area contributed by atoms with E-state index in [1.54, 1.807) is 25.1 Å². The van der Waals surface area contributed by atoms with Gasteiger partial charge in [-0.05, 0) is 65.9 Å². The van der Waals surface area contributed by atoms with Gasteiger partial charge in [0.1, 0.15) is 18.2 Å². The summed E-state index contributed by atoms with van der Waals surface area (Å²) in [6.07, 6.45) is 0.863. The molecule has 1 aliphatic heterocycles. The van der Waals surface area contributed by atoms with Gasteiger partial charge in [-0.25, -0.2) is 4.39 Å². The SMILES string of the molecule is C=C1Oc2ccc(OCc3ccc(-c4ccc(C)c(F)c4)cc3CC)cc2O1. The molecule has 0 saturated carbocycles. The monoisotopic (exact) mass is 376 g/mol. The molecular weight excluding hydrogens is 355 g/mol. The van der Waals surface area contributed by atoms with E-state index in [0.717, 1.165) is 23.1 Å². The molecule has 0 spiro atoms. The summed E-state index contributed by atoms with van der Waals surface area (Å²) in [6.45, 7) is 7.95. The van der Waals surface area contributed by atoms with Crippen LogP contribution in [0.25, 0.3) is 11.1 Å². The molecule has 0 aliphatic carbocycles. The molecule has 4 rings (SSSR count). The maximum absolute atomic E-state index is 13.9. The average molecular weight is 376 g/mol. The summed E-state index contributed by atoms with van der Waals surface area (Å²) in [5.41, 5.74) is 4.80. The van der Waals surface area contributed by atoms with Crippen molar-refractivity contribution in [3.05, 3.63) is 89.6 Å². The summed E-state index contributed by atoms with van der Waals surface area (Å²) in [5.74, 6) is 2.03. The second-order valence-electron chi connectivity index (χ2n) is 6.77.